The van der Waals surface area contributed by atoms with E-state index >= 15 is 0 Å². The molecule has 2 atom stereocenters. The summed E-state index contributed by atoms with van der Waals surface area (Å²) in [5.41, 5.74) is 2.53. The van der Waals surface area contributed by atoms with Gasteiger partial charge in [-0.3, -0.25) is 4.98 Å². The van der Waals surface area contributed by atoms with Gasteiger partial charge in [-0.15, -0.1) is 0 Å². The number of hydrogen-bond donors (Lipinski definition) is 1. The van der Waals surface area contributed by atoms with E-state index in [-0.39, 0.29) is 12.1 Å². The Morgan fingerprint density at radius 3 is 2.41 bits per heavy atom. The second kappa shape index (κ2) is 8.75. The highest BCUT2D eigenvalue weighted by Gasteiger charge is 2.42. The van der Waals surface area contributed by atoms with Crippen LogP contribution in [0, 0.1) is 0 Å². The summed E-state index contributed by atoms with van der Waals surface area (Å²) in [6.45, 7) is 0. The molecule has 2 aromatic heterocycles. The van der Waals surface area contributed by atoms with Gasteiger partial charge >= 0.3 is 0 Å². The third-order valence-corrected chi connectivity index (χ3v) is 6.43. The number of thiocarbonyl (C=S) groups is 1. The number of hydrogen-bond acceptors (Lipinski definition) is 3. The van der Waals surface area contributed by atoms with Crippen molar-refractivity contribution in [1.29, 1.82) is 0 Å². The highest BCUT2D eigenvalue weighted by Crippen LogP contribution is 2.43. The van der Waals surface area contributed by atoms with Crippen LogP contribution in [0.3, 0.4) is 0 Å². The average molecular weight is 501 g/mol. The van der Waals surface area contributed by atoms with E-state index in [0.717, 1.165) is 22.7 Å². The molecule has 0 aliphatic carbocycles. The average Bonchev–Trinajstić information content (AvgIpc) is 3.39. The van der Waals surface area contributed by atoms with Crippen molar-refractivity contribution in [3.8, 4) is 11.3 Å². The van der Waals surface area contributed by atoms with E-state index in [1.54, 1.807) is 18.3 Å². The number of anilines is 1. The smallest absolute Gasteiger partial charge is 0.174 e. The molecule has 160 valence electrons. The highest BCUT2D eigenvalue weighted by molar-refractivity contribution is 7.80. The number of pyridine rings is 1. The van der Waals surface area contributed by atoms with E-state index in [1.165, 1.54) is 0 Å². The molecular formula is C24H16Cl3N3OS. The first-order valence-electron chi connectivity index (χ1n) is 9.82. The van der Waals surface area contributed by atoms with Crippen LogP contribution in [0.1, 0.15) is 23.5 Å². The molecule has 8 heteroatoms. The van der Waals surface area contributed by atoms with E-state index < -0.39 is 0 Å². The summed E-state index contributed by atoms with van der Waals surface area (Å²) < 4.78 is 6.33. The molecule has 0 radical (unpaired) electrons. The van der Waals surface area contributed by atoms with Gasteiger partial charge in [0.15, 0.2) is 5.11 Å². The zero-order valence-corrected chi connectivity index (χ0v) is 19.6. The maximum absolute atomic E-state index is 6.41. The molecule has 0 unspecified atom stereocenters. The van der Waals surface area contributed by atoms with Crippen LogP contribution in [0.25, 0.3) is 11.3 Å². The summed E-state index contributed by atoms with van der Waals surface area (Å²) in [6, 6.07) is 22.1. The van der Waals surface area contributed by atoms with E-state index in [0.29, 0.717) is 25.9 Å². The van der Waals surface area contributed by atoms with E-state index in [9.17, 15) is 0 Å². The molecular weight excluding hydrogens is 485 g/mol. The summed E-state index contributed by atoms with van der Waals surface area (Å²) in [6.07, 6.45) is 1.77. The molecule has 2 aromatic carbocycles. The van der Waals surface area contributed by atoms with Crippen molar-refractivity contribution in [3.05, 3.63) is 106 Å². The van der Waals surface area contributed by atoms with Gasteiger partial charge in [0.1, 0.15) is 17.6 Å². The first-order valence-corrected chi connectivity index (χ1v) is 11.4. The zero-order chi connectivity index (χ0) is 22.2. The van der Waals surface area contributed by atoms with Crippen molar-refractivity contribution in [2.75, 3.05) is 4.90 Å². The third kappa shape index (κ3) is 3.97. The van der Waals surface area contributed by atoms with Gasteiger partial charge in [0.05, 0.1) is 16.8 Å². The van der Waals surface area contributed by atoms with Crippen molar-refractivity contribution in [3.63, 3.8) is 0 Å². The molecule has 1 fully saturated rings. The Hall–Kier alpha value is -2.57. The van der Waals surface area contributed by atoms with Gasteiger partial charge in [0.25, 0.3) is 0 Å². The van der Waals surface area contributed by atoms with Crippen molar-refractivity contribution in [2.24, 2.45) is 0 Å². The van der Waals surface area contributed by atoms with Crippen LogP contribution >= 0.6 is 47.0 Å². The minimum atomic E-state index is -0.265. The van der Waals surface area contributed by atoms with Crippen LogP contribution in [-0.2, 0) is 0 Å². The molecule has 5 rings (SSSR count). The van der Waals surface area contributed by atoms with Crippen molar-refractivity contribution in [2.45, 2.75) is 12.1 Å². The minimum Gasteiger partial charge on any atom is -0.459 e. The van der Waals surface area contributed by atoms with Crippen molar-refractivity contribution in [1.82, 2.24) is 10.3 Å². The van der Waals surface area contributed by atoms with Crippen LogP contribution in [0.15, 0.2) is 83.4 Å². The Kier molecular flexibility index (Phi) is 5.82. The molecule has 3 heterocycles. The largest absolute Gasteiger partial charge is 0.459 e. The lowest BCUT2D eigenvalue weighted by Crippen LogP contribution is -2.29. The van der Waals surface area contributed by atoms with Crippen LogP contribution in [0.4, 0.5) is 5.69 Å². The van der Waals surface area contributed by atoms with Gasteiger partial charge in [-0.2, -0.15) is 0 Å². The predicted octanol–water partition coefficient (Wildman–Crippen LogP) is 7.48. The van der Waals surface area contributed by atoms with Gasteiger partial charge in [-0.1, -0.05) is 40.9 Å². The van der Waals surface area contributed by atoms with Gasteiger partial charge in [0, 0.05) is 27.5 Å². The van der Waals surface area contributed by atoms with Crippen LogP contribution in [0.5, 0.6) is 0 Å². The summed E-state index contributed by atoms with van der Waals surface area (Å²) in [5, 5.41) is 5.73. The summed E-state index contributed by atoms with van der Waals surface area (Å²) in [5.74, 6) is 1.37. The number of halogens is 3. The van der Waals surface area contributed by atoms with E-state index in [1.807, 2.05) is 65.6 Å². The number of furan rings is 1. The second-order valence-corrected chi connectivity index (χ2v) is 8.97. The lowest BCUT2D eigenvalue weighted by Gasteiger charge is -2.26. The molecule has 0 saturated carbocycles. The summed E-state index contributed by atoms with van der Waals surface area (Å²) >= 11 is 24.3. The molecule has 4 aromatic rings. The predicted molar refractivity (Wildman–Crippen MR) is 134 cm³/mol. The molecule has 1 saturated heterocycles. The summed E-state index contributed by atoms with van der Waals surface area (Å²) in [7, 11) is 0. The third-order valence-electron chi connectivity index (χ3n) is 5.32. The zero-order valence-electron chi connectivity index (χ0n) is 16.5. The van der Waals surface area contributed by atoms with Gasteiger partial charge in [0.2, 0.25) is 0 Å². The van der Waals surface area contributed by atoms with E-state index in [4.69, 9.17) is 51.4 Å². The monoisotopic (exact) mass is 499 g/mol. The van der Waals surface area contributed by atoms with Gasteiger partial charge in [-0.25, -0.2) is 0 Å². The summed E-state index contributed by atoms with van der Waals surface area (Å²) in [4.78, 5) is 6.58. The lowest BCUT2D eigenvalue weighted by molar-refractivity contribution is 0.439. The van der Waals surface area contributed by atoms with Crippen molar-refractivity contribution >= 4 is 57.8 Å². The SMILES string of the molecule is S=C1N[C@H](c2ccccn2)[C@H](c2ccc(-c3ccc(Cl)cc3Cl)o2)N1c1ccc(Cl)cc1. The van der Waals surface area contributed by atoms with E-state index in [2.05, 4.69) is 10.3 Å². The molecule has 1 aliphatic heterocycles. The van der Waals surface area contributed by atoms with Crippen LogP contribution < -0.4 is 10.2 Å². The topological polar surface area (TPSA) is 41.3 Å². The fourth-order valence-corrected chi connectivity index (χ4v) is 4.84. The first kappa shape index (κ1) is 21.3. The van der Waals surface area contributed by atoms with Gasteiger partial charge in [-0.05, 0) is 78.9 Å². The number of rotatable bonds is 4. The Morgan fingerprint density at radius 2 is 1.69 bits per heavy atom. The molecule has 1 aliphatic rings. The van der Waals surface area contributed by atoms with Crippen LogP contribution in [-0.4, -0.2) is 10.1 Å². The second-order valence-electron chi connectivity index (χ2n) is 7.30. The Labute approximate surface area is 205 Å². The van der Waals surface area contributed by atoms with Crippen molar-refractivity contribution < 1.29 is 4.42 Å². The fourth-order valence-electron chi connectivity index (χ4n) is 3.87. The van der Waals surface area contributed by atoms with Crippen LogP contribution in [0.2, 0.25) is 15.1 Å². The number of benzene rings is 2. The molecule has 4 nitrogen and oxygen atoms in total. The fraction of sp³-hybridized carbons (Fsp3) is 0.0833. The lowest BCUT2D eigenvalue weighted by atomic mass is 10.0. The molecule has 0 spiro atoms. The number of nitrogens with zero attached hydrogens (tertiary/aromatic N) is 2. The molecule has 0 bridgehead atoms. The Bertz CT molecular complexity index is 1280. The first-order chi connectivity index (χ1) is 15.5. The Balaban J connectivity index is 1.60. The highest BCUT2D eigenvalue weighted by atomic mass is 35.5. The molecule has 1 N–H and O–H groups in total. The minimum absolute atomic E-state index is 0.209. The maximum Gasteiger partial charge on any atom is 0.174 e. The standard InChI is InChI=1S/C24H16Cl3N3OS/c25-14-4-7-16(8-5-14)30-23(22(29-24(30)32)19-3-1-2-12-28-19)21-11-10-20(31-21)17-9-6-15(26)13-18(17)27/h1-13,22-23H,(H,29,32)/t22-,23+/m1/s1. The number of nitrogens with one attached hydrogen (secondary N) is 1. The number of aromatic nitrogens is 1. The maximum atomic E-state index is 6.41. The molecule has 0 amide bonds. The normalized spacial score (nSPS) is 18.1. The Morgan fingerprint density at radius 1 is 0.906 bits per heavy atom. The molecule has 32 heavy (non-hydrogen) atoms. The quantitative estimate of drug-likeness (QED) is 0.294. The van der Waals surface area contributed by atoms with Gasteiger partial charge < -0.3 is 14.6 Å².